The number of allylic oxidation sites excluding steroid dienone is 5. The van der Waals surface area contributed by atoms with Crippen molar-refractivity contribution in [2.24, 2.45) is 17.4 Å². The Hall–Kier alpha value is -1.91. The van der Waals surface area contributed by atoms with E-state index < -0.39 is 23.5 Å². The Balaban J connectivity index is 2.33. The summed E-state index contributed by atoms with van der Waals surface area (Å²) in [4.78, 5) is 21.8. The molecule has 0 spiro atoms. The number of amides is 1. The summed E-state index contributed by atoms with van der Waals surface area (Å²) in [6.45, 7) is 0. The number of alkyl halides is 1. The van der Waals surface area contributed by atoms with E-state index in [0.717, 1.165) is 0 Å². The van der Waals surface area contributed by atoms with E-state index in [1.165, 1.54) is 0 Å². The van der Waals surface area contributed by atoms with Crippen LogP contribution in [0.3, 0.4) is 0 Å². The molecule has 5 nitrogen and oxygen atoms in total. The maximum absolute atomic E-state index is 15.0. The molecule has 0 aromatic rings. The Kier molecular flexibility index (Phi) is 3.07. The zero-order valence-electron chi connectivity index (χ0n) is 9.65. The summed E-state index contributed by atoms with van der Waals surface area (Å²) in [6.07, 6.45) is 5.39. The first-order valence-corrected chi connectivity index (χ1v) is 5.62. The van der Waals surface area contributed by atoms with E-state index in [1.807, 2.05) is 0 Å². The average molecular weight is 251 g/mol. The molecule has 0 saturated carbocycles. The van der Waals surface area contributed by atoms with Gasteiger partial charge in [0, 0.05) is 18.0 Å². The first-order valence-electron chi connectivity index (χ1n) is 5.62. The van der Waals surface area contributed by atoms with Crippen LogP contribution in [0.25, 0.3) is 0 Å². The molecule has 1 heterocycles. The van der Waals surface area contributed by atoms with Crippen molar-refractivity contribution in [1.29, 1.82) is 0 Å². The lowest BCUT2D eigenvalue weighted by Crippen LogP contribution is -2.45. The van der Waals surface area contributed by atoms with Crippen LogP contribution in [0.2, 0.25) is 0 Å². The van der Waals surface area contributed by atoms with Gasteiger partial charge in [0.25, 0.3) is 0 Å². The molecule has 1 aliphatic heterocycles. The highest BCUT2D eigenvalue weighted by Crippen LogP contribution is 2.45. The van der Waals surface area contributed by atoms with Crippen molar-refractivity contribution >= 4 is 11.8 Å². The maximum atomic E-state index is 15.0. The average Bonchev–Trinajstić information content (AvgIpc) is 2.62. The van der Waals surface area contributed by atoms with Crippen molar-refractivity contribution in [2.45, 2.75) is 24.6 Å². The Morgan fingerprint density at radius 3 is 3.06 bits per heavy atom. The standard InChI is InChI=1S/C12H14FN3O2/c13-12(5-8(14)11(15)18)7-3-1-2-4-9(7)16-10(12)6-17/h1-2,4,7-8,16H,3,5,14H2,(H2,15,18)/t7?,8-,12?/m0/s1. The van der Waals surface area contributed by atoms with Gasteiger partial charge in [0.2, 0.25) is 5.91 Å². The van der Waals surface area contributed by atoms with Gasteiger partial charge >= 0.3 is 0 Å². The lowest BCUT2D eigenvalue weighted by atomic mass is 9.80. The van der Waals surface area contributed by atoms with Gasteiger partial charge in [0.1, 0.15) is 11.6 Å². The van der Waals surface area contributed by atoms with Crippen LogP contribution in [0.4, 0.5) is 4.39 Å². The highest BCUT2D eigenvalue weighted by atomic mass is 19.1. The predicted octanol–water partition coefficient (Wildman–Crippen LogP) is -0.324. The molecule has 1 amide bonds. The van der Waals surface area contributed by atoms with E-state index in [1.54, 1.807) is 24.2 Å². The molecule has 0 aromatic heterocycles. The van der Waals surface area contributed by atoms with Crippen LogP contribution in [-0.4, -0.2) is 23.6 Å². The summed E-state index contributed by atoms with van der Waals surface area (Å²) in [5, 5.41) is 2.70. The molecule has 18 heavy (non-hydrogen) atoms. The van der Waals surface area contributed by atoms with E-state index in [4.69, 9.17) is 11.5 Å². The van der Waals surface area contributed by atoms with E-state index in [0.29, 0.717) is 12.1 Å². The van der Waals surface area contributed by atoms with Crippen molar-refractivity contribution in [3.8, 4) is 0 Å². The van der Waals surface area contributed by atoms with Crippen molar-refractivity contribution < 1.29 is 14.0 Å². The lowest BCUT2D eigenvalue weighted by molar-refractivity contribution is -0.120. The Bertz CT molecular complexity index is 494. The topological polar surface area (TPSA) is 98.2 Å². The summed E-state index contributed by atoms with van der Waals surface area (Å²) >= 11 is 0. The van der Waals surface area contributed by atoms with Crippen LogP contribution in [-0.2, 0) is 9.59 Å². The number of fused-ring (bicyclic) bond motifs is 1. The highest BCUT2D eigenvalue weighted by molar-refractivity contribution is 5.80. The van der Waals surface area contributed by atoms with Gasteiger partial charge in [-0.15, -0.1) is 0 Å². The summed E-state index contributed by atoms with van der Waals surface area (Å²) in [6, 6.07) is -1.13. The normalized spacial score (nSPS) is 31.1. The largest absolute Gasteiger partial charge is 0.368 e. The zero-order chi connectivity index (χ0) is 13.3. The van der Waals surface area contributed by atoms with E-state index in [-0.39, 0.29) is 12.1 Å². The minimum absolute atomic E-state index is 0.209. The molecule has 0 radical (unpaired) electrons. The zero-order valence-corrected chi connectivity index (χ0v) is 9.65. The third-order valence-corrected chi connectivity index (χ3v) is 3.38. The number of rotatable bonds is 3. The molecule has 5 N–H and O–H groups in total. The third kappa shape index (κ3) is 1.85. The highest BCUT2D eigenvalue weighted by Gasteiger charge is 2.52. The van der Waals surface area contributed by atoms with Crippen molar-refractivity contribution in [3.63, 3.8) is 0 Å². The number of hydrogen-bond acceptors (Lipinski definition) is 4. The molecular formula is C12H14FN3O2. The molecular weight excluding hydrogens is 237 g/mol. The minimum Gasteiger partial charge on any atom is -0.368 e. The first-order chi connectivity index (χ1) is 8.49. The summed E-state index contributed by atoms with van der Waals surface area (Å²) < 4.78 is 15.0. The fraction of sp³-hybridized carbons (Fsp3) is 0.417. The van der Waals surface area contributed by atoms with Crippen LogP contribution in [0, 0.1) is 5.92 Å². The van der Waals surface area contributed by atoms with Crippen LogP contribution in [0.15, 0.2) is 29.6 Å². The van der Waals surface area contributed by atoms with E-state index in [2.05, 4.69) is 5.32 Å². The van der Waals surface area contributed by atoms with Crippen molar-refractivity contribution in [3.05, 3.63) is 29.6 Å². The third-order valence-electron chi connectivity index (χ3n) is 3.38. The molecule has 1 fully saturated rings. The van der Waals surface area contributed by atoms with Gasteiger partial charge in [0.15, 0.2) is 5.67 Å². The second-order valence-corrected chi connectivity index (χ2v) is 4.52. The minimum atomic E-state index is -2.01. The number of nitrogens with one attached hydrogen (secondary N) is 1. The van der Waals surface area contributed by atoms with Gasteiger partial charge < -0.3 is 16.8 Å². The van der Waals surface area contributed by atoms with Gasteiger partial charge in [-0.25, -0.2) is 9.18 Å². The smallest absolute Gasteiger partial charge is 0.234 e. The lowest BCUT2D eigenvalue weighted by Gasteiger charge is -2.27. The predicted molar refractivity (Wildman–Crippen MR) is 63.3 cm³/mol. The summed E-state index contributed by atoms with van der Waals surface area (Å²) in [5.74, 6) is 0.231. The SMILES string of the molecule is NC(=O)[C@@H](N)CC1(F)C(=C=O)NC2=CC=CCC21. The van der Waals surface area contributed by atoms with Gasteiger partial charge in [-0.3, -0.25) is 4.79 Å². The molecule has 0 aromatic carbocycles. The number of hydrogen-bond donors (Lipinski definition) is 3. The molecule has 0 bridgehead atoms. The molecule has 2 unspecified atom stereocenters. The van der Waals surface area contributed by atoms with Crippen LogP contribution < -0.4 is 16.8 Å². The quantitative estimate of drug-likeness (QED) is 0.598. The van der Waals surface area contributed by atoms with Crippen LogP contribution in [0.5, 0.6) is 0 Å². The van der Waals surface area contributed by atoms with Gasteiger partial charge in [-0.2, -0.15) is 0 Å². The van der Waals surface area contributed by atoms with Crippen LogP contribution in [0.1, 0.15) is 12.8 Å². The van der Waals surface area contributed by atoms with Crippen LogP contribution >= 0.6 is 0 Å². The maximum Gasteiger partial charge on any atom is 0.234 e. The van der Waals surface area contributed by atoms with Crippen molar-refractivity contribution in [2.75, 3.05) is 0 Å². The molecule has 6 heteroatoms. The Morgan fingerprint density at radius 2 is 2.44 bits per heavy atom. The second kappa shape index (κ2) is 4.40. The molecule has 2 rings (SSSR count). The van der Waals surface area contributed by atoms with Gasteiger partial charge in [-0.05, 0) is 12.5 Å². The molecule has 1 aliphatic carbocycles. The number of halogens is 1. The van der Waals surface area contributed by atoms with E-state index in [9.17, 15) is 14.0 Å². The number of carbonyl (C=O) groups excluding carboxylic acids is 2. The van der Waals surface area contributed by atoms with Gasteiger partial charge in [0.05, 0.1) is 6.04 Å². The summed E-state index contributed by atoms with van der Waals surface area (Å²) in [7, 11) is 0. The first kappa shape index (κ1) is 12.5. The van der Waals surface area contributed by atoms with Gasteiger partial charge in [-0.1, -0.05) is 12.2 Å². The molecule has 3 atom stereocenters. The second-order valence-electron chi connectivity index (χ2n) is 4.52. The number of primary amides is 1. The Morgan fingerprint density at radius 1 is 1.72 bits per heavy atom. The molecule has 1 saturated heterocycles. The van der Waals surface area contributed by atoms with E-state index >= 15 is 0 Å². The summed E-state index contributed by atoms with van der Waals surface area (Å²) in [5.41, 5.74) is 8.93. The molecule has 96 valence electrons. The van der Waals surface area contributed by atoms with Crippen molar-refractivity contribution in [1.82, 2.24) is 5.32 Å². The monoisotopic (exact) mass is 251 g/mol. The Labute approximate surface area is 103 Å². The number of nitrogens with two attached hydrogens (primary N) is 2. The number of carbonyl (C=O) groups is 1. The fourth-order valence-electron chi connectivity index (χ4n) is 2.39. The molecule has 2 aliphatic rings. The fourth-order valence-corrected chi connectivity index (χ4v) is 2.39.